The van der Waals surface area contributed by atoms with Gasteiger partial charge in [0.2, 0.25) is 15.9 Å². The molecule has 0 bridgehead atoms. The van der Waals surface area contributed by atoms with Crippen LogP contribution < -0.4 is 20.7 Å². The second-order valence-electron chi connectivity index (χ2n) is 9.79. The van der Waals surface area contributed by atoms with Crippen molar-refractivity contribution in [3.05, 3.63) is 59.7 Å². The summed E-state index contributed by atoms with van der Waals surface area (Å²) in [6.45, 7) is 4.06. The highest BCUT2D eigenvalue weighted by atomic mass is 32.2. The van der Waals surface area contributed by atoms with E-state index in [0.29, 0.717) is 24.2 Å². The third-order valence-corrected chi connectivity index (χ3v) is 8.29. The zero-order valence-electron chi connectivity index (χ0n) is 21.4. The van der Waals surface area contributed by atoms with Crippen LogP contribution in [0.3, 0.4) is 0 Å². The molecule has 4 rings (SSSR count). The lowest BCUT2D eigenvalue weighted by Crippen LogP contribution is -2.45. The fraction of sp³-hybridized carbons (Fsp3) is 0.444. The number of carbonyl (C=O) groups excluding carboxylic acids is 3. The molecule has 0 spiro atoms. The van der Waals surface area contributed by atoms with E-state index in [1.54, 1.807) is 36.4 Å². The van der Waals surface area contributed by atoms with Crippen LogP contribution >= 0.6 is 0 Å². The van der Waals surface area contributed by atoms with Crippen LogP contribution in [0.25, 0.3) is 0 Å². The van der Waals surface area contributed by atoms with Crippen molar-refractivity contribution in [2.75, 3.05) is 25.0 Å². The van der Waals surface area contributed by atoms with Gasteiger partial charge in [-0.3, -0.25) is 4.79 Å². The molecule has 2 aromatic rings. The minimum Gasteiger partial charge on any atom is -0.391 e. The van der Waals surface area contributed by atoms with E-state index in [2.05, 4.69) is 20.7 Å². The number of hydrogen-bond acceptors (Lipinski definition) is 8. The molecule has 0 unspecified atom stereocenters. The van der Waals surface area contributed by atoms with Gasteiger partial charge in [0.05, 0.1) is 4.90 Å². The van der Waals surface area contributed by atoms with Crippen molar-refractivity contribution in [3.63, 3.8) is 0 Å². The second-order valence-corrected chi connectivity index (χ2v) is 11.5. The SMILES string of the molecule is Cc1ccc(S(=O)(=O)N[C@@H](Cc2cccc(NC(=O)C3CCNCC3)c2)C(=O)OC(=O)[C@@H]2CCCN2)cc1. The van der Waals surface area contributed by atoms with Crippen LogP contribution in [-0.2, 0) is 35.6 Å². The average Bonchev–Trinajstić information content (AvgIpc) is 3.45. The molecule has 0 aromatic heterocycles. The lowest BCUT2D eigenvalue weighted by molar-refractivity contribution is -0.162. The van der Waals surface area contributed by atoms with Gasteiger partial charge in [0.1, 0.15) is 12.1 Å². The molecular weight excluding hydrogens is 508 g/mol. The number of esters is 2. The van der Waals surface area contributed by atoms with Crippen LogP contribution in [0.4, 0.5) is 5.69 Å². The highest BCUT2D eigenvalue weighted by Crippen LogP contribution is 2.19. The molecule has 11 heteroatoms. The van der Waals surface area contributed by atoms with Gasteiger partial charge in [-0.25, -0.2) is 18.0 Å². The second kappa shape index (κ2) is 12.6. The maximum absolute atomic E-state index is 13.1. The predicted molar refractivity (Wildman–Crippen MR) is 142 cm³/mol. The Kier molecular flexibility index (Phi) is 9.26. The molecule has 2 heterocycles. The van der Waals surface area contributed by atoms with E-state index in [1.807, 2.05) is 6.92 Å². The van der Waals surface area contributed by atoms with Crippen LogP contribution in [0.2, 0.25) is 0 Å². The summed E-state index contributed by atoms with van der Waals surface area (Å²) in [4.78, 5) is 38.2. The van der Waals surface area contributed by atoms with Gasteiger partial charge in [0.25, 0.3) is 0 Å². The molecule has 2 aliphatic rings. The van der Waals surface area contributed by atoms with Gasteiger partial charge in [0.15, 0.2) is 0 Å². The normalized spacial score (nSPS) is 19.0. The zero-order chi connectivity index (χ0) is 27.1. The summed E-state index contributed by atoms with van der Waals surface area (Å²) in [6, 6.07) is 11.1. The van der Waals surface area contributed by atoms with Crippen LogP contribution in [0.5, 0.6) is 0 Å². The van der Waals surface area contributed by atoms with Crippen molar-refractivity contribution < 1.29 is 27.5 Å². The van der Waals surface area contributed by atoms with Gasteiger partial charge in [0, 0.05) is 11.6 Å². The smallest absolute Gasteiger partial charge is 0.332 e. The highest BCUT2D eigenvalue weighted by Gasteiger charge is 2.32. The van der Waals surface area contributed by atoms with E-state index in [9.17, 15) is 22.8 Å². The van der Waals surface area contributed by atoms with Gasteiger partial charge >= 0.3 is 11.9 Å². The molecule has 4 N–H and O–H groups in total. The standard InChI is InChI=1S/C27H34N4O6S/c1-18-7-9-22(10-8-18)38(35,36)31-24(27(34)37-26(33)23-6-3-13-29-23)17-19-4-2-5-21(16-19)30-25(32)20-11-14-28-15-12-20/h2,4-5,7-10,16,20,23-24,28-29,31H,3,6,11-15,17H2,1H3,(H,30,32)/t23-,24-/m0/s1. The van der Waals surface area contributed by atoms with E-state index in [0.717, 1.165) is 37.9 Å². The van der Waals surface area contributed by atoms with Crippen LogP contribution in [0.15, 0.2) is 53.4 Å². The quantitative estimate of drug-likeness (QED) is 0.277. The fourth-order valence-corrected chi connectivity index (χ4v) is 5.80. The van der Waals surface area contributed by atoms with Crippen molar-refractivity contribution in [2.24, 2.45) is 5.92 Å². The molecule has 204 valence electrons. The molecule has 2 aromatic carbocycles. The summed E-state index contributed by atoms with van der Waals surface area (Å²) < 4.78 is 33.7. The molecule has 0 saturated carbocycles. The number of anilines is 1. The molecule has 10 nitrogen and oxygen atoms in total. The van der Waals surface area contributed by atoms with Gasteiger partial charge in [-0.1, -0.05) is 29.8 Å². The number of ether oxygens (including phenoxy) is 1. The largest absolute Gasteiger partial charge is 0.391 e. The molecule has 2 atom stereocenters. The van der Waals surface area contributed by atoms with Gasteiger partial charge in [-0.2, -0.15) is 4.72 Å². The van der Waals surface area contributed by atoms with E-state index in [-0.39, 0.29) is 23.1 Å². The summed E-state index contributed by atoms with van der Waals surface area (Å²) in [5.74, 6) is -1.87. The summed E-state index contributed by atoms with van der Waals surface area (Å²) in [5, 5.41) is 9.12. The maximum Gasteiger partial charge on any atom is 0.332 e. The number of carbonyl (C=O) groups is 3. The minimum absolute atomic E-state index is 0.00679. The van der Waals surface area contributed by atoms with E-state index >= 15 is 0 Å². The number of piperidine rings is 1. The number of nitrogens with one attached hydrogen (secondary N) is 4. The zero-order valence-corrected chi connectivity index (χ0v) is 22.2. The van der Waals surface area contributed by atoms with Crippen molar-refractivity contribution >= 4 is 33.6 Å². The number of benzene rings is 2. The Hall–Kier alpha value is -3.12. The van der Waals surface area contributed by atoms with Crippen molar-refractivity contribution in [2.45, 2.75) is 56.0 Å². The first kappa shape index (κ1) is 27.9. The number of sulfonamides is 1. The van der Waals surface area contributed by atoms with Crippen molar-refractivity contribution in [1.82, 2.24) is 15.4 Å². The average molecular weight is 543 g/mol. The van der Waals surface area contributed by atoms with Crippen LogP contribution in [0, 0.1) is 12.8 Å². The number of hydrogen-bond donors (Lipinski definition) is 4. The number of amides is 1. The van der Waals surface area contributed by atoms with Gasteiger partial charge in [-0.05, 0) is 88.5 Å². The Morgan fingerprint density at radius 3 is 2.45 bits per heavy atom. The minimum atomic E-state index is -4.09. The molecular formula is C27H34N4O6S. The van der Waals surface area contributed by atoms with Gasteiger partial charge < -0.3 is 20.7 Å². The molecule has 2 fully saturated rings. The Labute approximate surface area is 223 Å². The first-order valence-electron chi connectivity index (χ1n) is 12.9. The van der Waals surface area contributed by atoms with Crippen molar-refractivity contribution in [3.8, 4) is 0 Å². The molecule has 0 radical (unpaired) electrons. The third-order valence-electron chi connectivity index (χ3n) is 6.80. The number of rotatable bonds is 9. The highest BCUT2D eigenvalue weighted by molar-refractivity contribution is 7.89. The van der Waals surface area contributed by atoms with E-state index in [1.165, 1.54) is 12.1 Å². The van der Waals surface area contributed by atoms with E-state index in [4.69, 9.17) is 4.74 Å². The Morgan fingerprint density at radius 2 is 1.76 bits per heavy atom. The topological polar surface area (TPSA) is 143 Å². The monoisotopic (exact) mass is 542 g/mol. The maximum atomic E-state index is 13.1. The Balaban J connectivity index is 1.51. The molecule has 1 amide bonds. The Bertz CT molecular complexity index is 1250. The predicted octanol–water partition coefficient (Wildman–Crippen LogP) is 1.64. The van der Waals surface area contributed by atoms with Crippen LogP contribution in [0.1, 0.15) is 36.8 Å². The van der Waals surface area contributed by atoms with Crippen LogP contribution in [-0.4, -0.2) is 58.0 Å². The molecule has 2 saturated heterocycles. The molecule has 38 heavy (non-hydrogen) atoms. The van der Waals surface area contributed by atoms with E-state index < -0.39 is 34.0 Å². The Morgan fingerprint density at radius 1 is 1.03 bits per heavy atom. The van der Waals surface area contributed by atoms with Gasteiger partial charge in [-0.15, -0.1) is 0 Å². The first-order valence-corrected chi connectivity index (χ1v) is 14.4. The van der Waals surface area contributed by atoms with Crippen molar-refractivity contribution in [1.29, 1.82) is 0 Å². The number of aryl methyl sites for hydroxylation is 1. The summed E-state index contributed by atoms with van der Waals surface area (Å²) in [6.07, 6.45) is 2.76. The summed E-state index contributed by atoms with van der Waals surface area (Å²) in [5.41, 5.74) is 2.02. The first-order chi connectivity index (χ1) is 18.2. The molecule has 0 aliphatic carbocycles. The third kappa shape index (κ3) is 7.47. The summed E-state index contributed by atoms with van der Waals surface area (Å²) in [7, 11) is -4.09. The summed E-state index contributed by atoms with van der Waals surface area (Å²) >= 11 is 0. The fourth-order valence-electron chi connectivity index (χ4n) is 4.61. The lowest BCUT2D eigenvalue weighted by atomic mass is 9.97. The molecule has 2 aliphatic heterocycles. The lowest BCUT2D eigenvalue weighted by Gasteiger charge is -2.22.